The van der Waals surface area contributed by atoms with Crippen molar-refractivity contribution in [3.63, 3.8) is 0 Å². The second-order valence-electron chi connectivity index (χ2n) is 14.8. The van der Waals surface area contributed by atoms with Gasteiger partial charge in [0.05, 0.1) is 39.3 Å². The van der Waals surface area contributed by atoms with Gasteiger partial charge in [0.25, 0.3) is 0 Å². The molecule has 0 aromatic carbocycles. The highest BCUT2D eigenvalue weighted by Gasteiger charge is 2.32. The standard InChI is InChI=1S/C39H78NO6/c1-5-7-9-11-13-15-17-19-21-23-25-27-31-40(3,4)32-33-45-38(44)29-30-39(34-41,35-42)36-46-37(43)28-26-24-22-20-18-16-14-12-10-8-6-2/h41-42H,5-36H2,1-4H3/q+1. The van der Waals surface area contributed by atoms with Gasteiger partial charge < -0.3 is 24.2 Å². The Kier molecular flexibility index (Phi) is 30.3. The zero-order valence-corrected chi connectivity index (χ0v) is 31.1. The van der Waals surface area contributed by atoms with Crippen molar-refractivity contribution >= 4 is 11.9 Å². The molecule has 0 heterocycles. The zero-order chi connectivity index (χ0) is 34.2. The predicted octanol–water partition coefficient (Wildman–Crippen LogP) is 9.30. The van der Waals surface area contributed by atoms with E-state index in [4.69, 9.17) is 9.47 Å². The van der Waals surface area contributed by atoms with E-state index in [0.29, 0.717) is 13.0 Å². The number of nitrogens with zero attached hydrogens (tertiary/aromatic N) is 1. The maximum Gasteiger partial charge on any atom is 0.306 e. The third-order valence-electron chi connectivity index (χ3n) is 9.63. The van der Waals surface area contributed by atoms with Gasteiger partial charge >= 0.3 is 11.9 Å². The van der Waals surface area contributed by atoms with Gasteiger partial charge in [-0.25, -0.2) is 0 Å². The lowest BCUT2D eigenvalue weighted by molar-refractivity contribution is -0.890. The monoisotopic (exact) mass is 657 g/mol. The maximum atomic E-state index is 12.4. The van der Waals surface area contributed by atoms with Gasteiger partial charge in [-0.3, -0.25) is 9.59 Å². The first-order valence-electron chi connectivity index (χ1n) is 19.6. The quantitative estimate of drug-likeness (QED) is 0.0401. The Bertz CT molecular complexity index is 694. The average molecular weight is 657 g/mol. The largest absolute Gasteiger partial charge is 0.465 e. The molecule has 0 aromatic heterocycles. The van der Waals surface area contributed by atoms with Gasteiger partial charge in [0.15, 0.2) is 0 Å². The van der Waals surface area contributed by atoms with Crippen molar-refractivity contribution in [2.75, 3.05) is 53.6 Å². The summed E-state index contributed by atoms with van der Waals surface area (Å²) in [7, 11) is 4.36. The van der Waals surface area contributed by atoms with Gasteiger partial charge in [0, 0.05) is 12.8 Å². The van der Waals surface area contributed by atoms with Crippen molar-refractivity contribution in [2.24, 2.45) is 5.41 Å². The molecule has 0 rings (SSSR count). The number of hydrogen-bond acceptors (Lipinski definition) is 6. The minimum absolute atomic E-state index is 0.0729. The first-order valence-corrected chi connectivity index (χ1v) is 19.6. The summed E-state index contributed by atoms with van der Waals surface area (Å²) in [4.78, 5) is 24.7. The molecular weight excluding hydrogens is 578 g/mol. The molecule has 0 bridgehead atoms. The number of esters is 2. The summed E-state index contributed by atoms with van der Waals surface area (Å²) in [6, 6.07) is 0. The predicted molar refractivity (Wildman–Crippen MR) is 192 cm³/mol. The summed E-state index contributed by atoms with van der Waals surface area (Å²) in [6.45, 7) is 5.88. The number of likely N-dealkylation sites (N-methyl/N-ethyl adjacent to an activating group) is 1. The van der Waals surface area contributed by atoms with Crippen LogP contribution in [0, 0.1) is 5.41 Å². The van der Waals surface area contributed by atoms with Crippen LogP contribution in [-0.4, -0.2) is 80.2 Å². The van der Waals surface area contributed by atoms with Crippen LogP contribution in [0.5, 0.6) is 0 Å². The van der Waals surface area contributed by atoms with E-state index in [-0.39, 0.29) is 44.6 Å². The molecule has 0 unspecified atom stereocenters. The lowest BCUT2D eigenvalue weighted by Crippen LogP contribution is -2.43. The van der Waals surface area contributed by atoms with E-state index >= 15 is 0 Å². The van der Waals surface area contributed by atoms with Crippen molar-refractivity contribution in [3.05, 3.63) is 0 Å². The lowest BCUT2D eigenvalue weighted by Gasteiger charge is -2.30. The van der Waals surface area contributed by atoms with Crippen LogP contribution in [0.15, 0.2) is 0 Å². The first-order chi connectivity index (χ1) is 22.2. The highest BCUT2D eigenvalue weighted by Crippen LogP contribution is 2.24. The van der Waals surface area contributed by atoms with E-state index in [9.17, 15) is 19.8 Å². The zero-order valence-electron chi connectivity index (χ0n) is 31.1. The van der Waals surface area contributed by atoms with Crippen molar-refractivity contribution < 1.29 is 33.8 Å². The van der Waals surface area contributed by atoms with Gasteiger partial charge in [0.1, 0.15) is 19.8 Å². The molecule has 0 fully saturated rings. The van der Waals surface area contributed by atoms with E-state index in [1.807, 2.05) is 0 Å². The summed E-state index contributed by atoms with van der Waals surface area (Å²) < 4.78 is 11.7. The topological polar surface area (TPSA) is 93.1 Å². The molecule has 2 N–H and O–H groups in total. The third-order valence-corrected chi connectivity index (χ3v) is 9.63. The Morgan fingerprint density at radius 2 is 0.913 bits per heavy atom. The molecule has 0 atom stereocenters. The van der Waals surface area contributed by atoms with Gasteiger partial charge in [-0.05, 0) is 25.7 Å². The van der Waals surface area contributed by atoms with Crippen molar-refractivity contribution in [1.82, 2.24) is 0 Å². The number of quaternary nitrogens is 1. The first kappa shape index (κ1) is 44.8. The van der Waals surface area contributed by atoms with Crippen LogP contribution < -0.4 is 0 Å². The fourth-order valence-electron chi connectivity index (χ4n) is 5.95. The Morgan fingerprint density at radius 1 is 0.522 bits per heavy atom. The number of aliphatic hydroxyl groups is 2. The van der Waals surface area contributed by atoms with Crippen LogP contribution in [0.2, 0.25) is 0 Å². The van der Waals surface area contributed by atoms with E-state index in [1.54, 1.807) is 0 Å². The van der Waals surface area contributed by atoms with Gasteiger partial charge in [-0.1, -0.05) is 142 Å². The molecular formula is C39H78NO6+. The molecule has 46 heavy (non-hydrogen) atoms. The summed E-state index contributed by atoms with van der Waals surface area (Å²) in [5.41, 5.74) is -1.03. The molecule has 0 spiro atoms. The van der Waals surface area contributed by atoms with Crippen LogP contribution in [0.25, 0.3) is 0 Å². The Labute approximate surface area is 285 Å². The molecule has 0 amide bonds. The van der Waals surface area contributed by atoms with E-state index < -0.39 is 5.41 Å². The molecule has 0 radical (unpaired) electrons. The van der Waals surface area contributed by atoms with E-state index in [2.05, 4.69) is 27.9 Å². The molecule has 274 valence electrons. The summed E-state index contributed by atoms with van der Waals surface area (Å²) in [5.74, 6) is -0.651. The van der Waals surface area contributed by atoms with Crippen LogP contribution in [0.4, 0.5) is 0 Å². The van der Waals surface area contributed by atoms with E-state index in [1.165, 1.54) is 128 Å². The highest BCUT2D eigenvalue weighted by molar-refractivity contribution is 5.70. The lowest BCUT2D eigenvalue weighted by atomic mass is 9.86. The van der Waals surface area contributed by atoms with Crippen LogP contribution in [0.3, 0.4) is 0 Å². The Hall–Kier alpha value is -1.18. The SMILES string of the molecule is CCCCCCCCCCCCCC[N+](C)(C)CCOC(=O)CCC(CO)(CO)COC(=O)CCCCCCCCCCCCC. The Balaban J connectivity index is 3.97. The molecule has 0 saturated heterocycles. The number of carbonyl (C=O) groups excluding carboxylic acids is 2. The highest BCUT2D eigenvalue weighted by atomic mass is 16.5. The fraction of sp³-hybridized carbons (Fsp3) is 0.949. The molecule has 0 aliphatic heterocycles. The number of aliphatic hydroxyl groups excluding tert-OH is 2. The molecule has 0 aromatic rings. The third kappa shape index (κ3) is 27.9. The van der Waals surface area contributed by atoms with Gasteiger partial charge in [-0.2, -0.15) is 0 Å². The maximum absolute atomic E-state index is 12.4. The Morgan fingerprint density at radius 3 is 1.35 bits per heavy atom. The van der Waals surface area contributed by atoms with Crippen LogP contribution in [0.1, 0.15) is 181 Å². The average Bonchev–Trinajstić information content (AvgIpc) is 3.04. The molecule has 0 saturated carbocycles. The molecule has 7 heteroatoms. The van der Waals surface area contributed by atoms with Gasteiger partial charge in [-0.15, -0.1) is 0 Å². The molecule has 7 nitrogen and oxygen atoms in total. The number of unbranched alkanes of at least 4 members (excludes halogenated alkanes) is 21. The number of hydrogen-bond donors (Lipinski definition) is 2. The number of ether oxygens (including phenoxy) is 2. The van der Waals surface area contributed by atoms with E-state index in [0.717, 1.165) is 36.8 Å². The summed E-state index contributed by atoms with van der Waals surface area (Å²) >= 11 is 0. The fourth-order valence-corrected chi connectivity index (χ4v) is 5.95. The van der Waals surface area contributed by atoms with Crippen LogP contribution >= 0.6 is 0 Å². The summed E-state index contributed by atoms with van der Waals surface area (Å²) in [6.07, 6.45) is 30.1. The summed E-state index contributed by atoms with van der Waals surface area (Å²) in [5, 5.41) is 19.9. The number of rotatable bonds is 35. The minimum Gasteiger partial charge on any atom is -0.465 e. The van der Waals surface area contributed by atoms with Crippen molar-refractivity contribution in [3.8, 4) is 0 Å². The molecule has 0 aliphatic rings. The van der Waals surface area contributed by atoms with Crippen LogP contribution in [-0.2, 0) is 19.1 Å². The minimum atomic E-state index is -1.03. The van der Waals surface area contributed by atoms with Gasteiger partial charge in [0.2, 0.25) is 0 Å². The normalized spacial score (nSPS) is 12.0. The number of carbonyl (C=O) groups is 2. The smallest absolute Gasteiger partial charge is 0.306 e. The second-order valence-corrected chi connectivity index (χ2v) is 14.8. The second kappa shape index (κ2) is 31.1. The van der Waals surface area contributed by atoms with Crippen molar-refractivity contribution in [2.45, 2.75) is 181 Å². The molecule has 0 aliphatic carbocycles. The van der Waals surface area contributed by atoms with Crippen molar-refractivity contribution in [1.29, 1.82) is 0 Å².